The number of hydrogen-bond acceptors (Lipinski definition) is 2. The summed E-state index contributed by atoms with van der Waals surface area (Å²) in [4.78, 5) is 14.1. The first kappa shape index (κ1) is 14.5. The second-order valence-electron chi connectivity index (χ2n) is 5.19. The van der Waals surface area contributed by atoms with E-state index in [-0.39, 0.29) is 11.7 Å². The topological polar surface area (TPSA) is 32.3 Å². The Hall–Kier alpha value is -0.940. The molecule has 0 aliphatic carbocycles. The summed E-state index contributed by atoms with van der Waals surface area (Å²) in [5, 5.41) is 3.39. The fourth-order valence-electron chi connectivity index (χ4n) is 2.47. The highest BCUT2D eigenvalue weighted by Gasteiger charge is 2.24. The van der Waals surface area contributed by atoms with Gasteiger partial charge in [-0.25, -0.2) is 4.39 Å². The van der Waals surface area contributed by atoms with E-state index in [9.17, 15) is 9.18 Å². The zero-order valence-corrected chi connectivity index (χ0v) is 12.7. The van der Waals surface area contributed by atoms with Crippen LogP contribution < -0.4 is 5.32 Å². The molecule has 1 aliphatic rings. The number of nitrogens with one attached hydrogen (secondary N) is 1. The largest absolute Gasteiger partial charge is 0.339 e. The van der Waals surface area contributed by atoms with Gasteiger partial charge in [-0.05, 0) is 47.5 Å². The molecule has 1 aliphatic heterocycles. The van der Waals surface area contributed by atoms with Crippen molar-refractivity contribution in [2.45, 2.75) is 32.4 Å². The van der Waals surface area contributed by atoms with E-state index in [1.807, 2.05) is 4.90 Å². The van der Waals surface area contributed by atoms with Gasteiger partial charge in [-0.2, -0.15) is 0 Å². The number of amides is 1. The third-order valence-electron chi connectivity index (χ3n) is 3.25. The normalized spacial score (nSPS) is 23.5. The van der Waals surface area contributed by atoms with Gasteiger partial charge < -0.3 is 10.2 Å². The summed E-state index contributed by atoms with van der Waals surface area (Å²) in [5.41, 5.74) is 0.831. The number of halogens is 2. The standard InChI is InChI=1S/C14H18BrFN2O/c1-9-7-18(8-10(2)17-9)14(19)6-11-3-4-13(16)12(15)5-11/h3-5,9-10,17H,6-8H2,1-2H3/t9-,10+. The maximum absolute atomic E-state index is 13.1. The highest BCUT2D eigenvalue weighted by Crippen LogP contribution is 2.18. The number of carbonyl (C=O) groups is 1. The summed E-state index contributed by atoms with van der Waals surface area (Å²) in [6.45, 7) is 5.60. The van der Waals surface area contributed by atoms with Crippen LogP contribution in [0.4, 0.5) is 4.39 Å². The predicted octanol–water partition coefficient (Wildman–Crippen LogP) is 2.34. The summed E-state index contributed by atoms with van der Waals surface area (Å²) in [6, 6.07) is 5.34. The van der Waals surface area contributed by atoms with Crippen molar-refractivity contribution in [3.05, 3.63) is 34.1 Å². The molecule has 2 rings (SSSR count). The van der Waals surface area contributed by atoms with Crippen molar-refractivity contribution < 1.29 is 9.18 Å². The molecule has 0 radical (unpaired) electrons. The van der Waals surface area contributed by atoms with Crippen LogP contribution in [0.2, 0.25) is 0 Å². The molecule has 1 saturated heterocycles. The monoisotopic (exact) mass is 328 g/mol. The van der Waals surface area contributed by atoms with E-state index in [2.05, 4.69) is 35.1 Å². The van der Waals surface area contributed by atoms with Crippen LogP contribution in [-0.2, 0) is 11.2 Å². The van der Waals surface area contributed by atoms with E-state index in [4.69, 9.17) is 0 Å². The van der Waals surface area contributed by atoms with Gasteiger partial charge in [0.2, 0.25) is 5.91 Å². The molecular formula is C14H18BrFN2O. The van der Waals surface area contributed by atoms with Crippen molar-refractivity contribution >= 4 is 21.8 Å². The van der Waals surface area contributed by atoms with Gasteiger partial charge in [0.15, 0.2) is 0 Å². The molecule has 0 saturated carbocycles. The number of nitrogens with zero attached hydrogens (tertiary/aromatic N) is 1. The maximum Gasteiger partial charge on any atom is 0.227 e. The van der Waals surface area contributed by atoms with Gasteiger partial charge in [-0.1, -0.05) is 6.07 Å². The van der Waals surface area contributed by atoms with Gasteiger partial charge >= 0.3 is 0 Å². The molecule has 0 unspecified atom stereocenters. The molecule has 0 aromatic heterocycles. The van der Waals surface area contributed by atoms with Crippen LogP contribution in [0.1, 0.15) is 19.4 Å². The first-order chi connectivity index (χ1) is 8.95. The fraction of sp³-hybridized carbons (Fsp3) is 0.500. The van der Waals surface area contributed by atoms with Crippen molar-refractivity contribution in [1.29, 1.82) is 0 Å². The Bertz CT molecular complexity index is 471. The molecule has 0 spiro atoms. The molecule has 1 amide bonds. The number of rotatable bonds is 2. The second-order valence-corrected chi connectivity index (χ2v) is 6.05. The zero-order chi connectivity index (χ0) is 14.0. The summed E-state index contributed by atoms with van der Waals surface area (Å²) >= 11 is 3.14. The van der Waals surface area contributed by atoms with Gasteiger partial charge in [0.05, 0.1) is 10.9 Å². The average molecular weight is 329 g/mol. The maximum atomic E-state index is 13.1. The summed E-state index contributed by atoms with van der Waals surface area (Å²) in [7, 11) is 0. The molecule has 1 fully saturated rings. The van der Waals surface area contributed by atoms with Crippen LogP contribution in [0.15, 0.2) is 22.7 Å². The highest BCUT2D eigenvalue weighted by molar-refractivity contribution is 9.10. The lowest BCUT2D eigenvalue weighted by molar-refractivity contribution is -0.132. The van der Waals surface area contributed by atoms with E-state index >= 15 is 0 Å². The number of piperazine rings is 1. The Kier molecular flexibility index (Phi) is 4.58. The lowest BCUT2D eigenvalue weighted by atomic mass is 10.1. The minimum Gasteiger partial charge on any atom is -0.339 e. The van der Waals surface area contributed by atoms with Gasteiger partial charge in [0, 0.05) is 25.2 Å². The second kappa shape index (κ2) is 6.01. The van der Waals surface area contributed by atoms with Crippen molar-refractivity contribution in [1.82, 2.24) is 10.2 Å². The van der Waals surface area contributed by atoms with E-state index in [1.54, 1.807) is 12.1 Å². The first-order valence-corrected chi connectivity index (χ1v) is 7.22. The van der Waals surface area contributed by atoms with Crippen molar-refractivity contribution in [3.63, 3.8) is 0 Å². The van der Waals surface area contributed by atoms with Crippen molar-refractivity contribution in [2.75, 3.05) is 13.1 Å². The van der Waals surface area contributed by atoms with E-state index < -0.39 is 0 Å². The molecule has 0 bridgehead atoms. The Morgan fingerprint density at radius 1 is 1.42 bits per heavy atom. The highest BCUT2D eigenvalue weighted by atomic mass is 79.9. The third kappa shape index (κ3) is 3.76. The molecule has 1 aromatic carbocycles. The summed E-state index contributed by atoms with van der Waals surface area (Å²) in [5.74, 6) is -0.209. The van der Waals surface area contributed by atoms with Gasteiger partial charge in [-0.3, -0.25) is 4.79 Å². The molecular weight excluding hydrogens is 311 g/mol. The molecule has 1 heterocycles. The quantitative estimate of drug-likeness (QED) is 0.903. The van der Waals surface area contributed by atoms with Gasteiger partial charge in [0.25, 0.3) is 0 Å². The Labute approximate surface area is 121 Å². The lowest BCUT2D eigenvalue weighted by Crippen LogP contribution is -2.56. The zero-order valence-electron chi connectivity index (χ0n) is 11.1. The molecule has 2 atom stereocenters. The SMILES string of the molecule is C[C@@H]1CN(C(=O)Cc2ccc(F)c(Br)c2)C[C@H](C)N1. The summed E-state index contributed by atoms with van der Waals surface area (Å²) < 4.78 is 13.5. The molecule has 5 heteroatoms. The van der Waals surface area contributed by atoms with Crippen molar-refractivity contribution in [3.8, 4) is 0 Å². The Morgan fingerprint density at radius 2 is 2.05 bits per heavy atom. The summed E-state index contributed by atoms with van der Waals surface area (Å²) in [6.07, 6.45) is 0.318. The van der Waals surface area contributed by atoms with Crippen LogP contribution in [-0.4, -0.2) is 36.0 Å². The average Bonchev–Trinajstić information content (AvgIpc) is 2.32. The number of hydrogen-bond donors (Lipinski definition) is 1. The van der Waals surface area contributed by atoms with E-state index in [0.717, 1.165) is 18.7 Å². The van der Waals surface area contributed by atoms with Crippen LogP contribution >= 0.6 is 15.9 Å². The van der Waals surface area contributed by atoms with Crippen LogP contribution in [0.3, 0.4) is 0 Å². The minimum atomic E-state index is -0.305. The van der Waals surface area contributed by atoms with Gasteiger partial charge in [0.1, 0.15) is 5.82 Å². The minimum absolute atomic E-state index is 0.0960. The molecule has 104 valence electrons. The third-order valence-corrected chi connectivity index (χ3v) is 3.86. The Morgan fingerprint density at radius 3 is 2.63 bits per heavy atom. The van der Waals surface area contributed by atoms with Crippen molar-refractivity contribution in [2.24, 2.45) is 0 Å². The molecule has 19 heavy (non-hydrogen) atoms. The van der Waals surface area contributed by atoms with Crippen LogP contribution in [0.25, 0.3) is 0 Å². The predicted molar refractivity (Wildman–Crippen MR) is 76.4 cm³/mol. The van der Waals surface area contributed by atoms with E-state index in [1.165, 1.54) is 6.07 Å². The van der Waals surface area contributed by atoms with E-state index in [0.29, 0.717) is 23.0 Å². The fourth-order valence-corrected chi connectivity index (χ4v) is 2.89. The molecule has 1 N–H and O–H groups in total. The molecule has 1 aromatic rings. The molecule has 3 nitrogen and oxygen atoms in total. The first-order valence-electron chi connectivity index (χ1n) is 6.43. The van der Waals surface area contributed by atoms with Crippen LogP contribution in [0.5, 0.6) is 0 Å². The van der Waals surface area contributed by atoms with Crippen LogP contribution in [0, 0.1) is 5.82 Å². The van der Waals surface area contributed by atoms with Gasteiger partial charge in [-0.15, -0.1) is 0 Å². The smallest absolute Gasteiger partial charge is 0.227 e. The lowest BCUT2D eigenvalue weighted by Gasteiger charge is -2.36. The number of benzene rings is 1. The Balaban J connectivity index is 2.02. The number of carbonyl (C=O) groups excluding carboxylic acids is 1.